The van der Waals surface area contributed by atoms with Gasteiger partial charge in [-0.25, -0.2) is 0 Å². The van der Waals surface area contributed by atoms with E-state index in [-0.39, 0.29) is 31.1 Å². The SMILES string of the molecule is CC(=O)c1cc(CC(=O)N2CCOC[C@H]2CC(=O)O)cs1. The fraction of sp³-hybridized carbons (Fsp3) is 0.500. The minimum Gasteiger partial charge on any atom is -0.481 e. The van der Waals surface area contributed by atoms with Crippen LogP contribution in [0.25, 0.3) is 0 Å². The molecule has 0 bridgehead atoms. The monoisotopic (exact) mass is 311 g/mol. The molecule has 0 aliphatic carbocycles. The van der Waals surface area contributed by atoms with Crippen LogP contribution in [0.1, 0.15) is 28.6 Å². The number of carbonyl (C=O) groups excluding carboxylic acids is 2. The molecule has 114 valence electrons. The minimum absolute atomic E-state index is 0.0196. The molecule has 1 saturated heterocycles. The van der Waals surface area contributed by atoms with Gasteiger partial charge in [-0.3, -0.25) is 14.4 Å². The van der Waals surface area contributed by atoms with Crippen LogP contribution in [0.2, 0.25) is 0 Å². The minimum atomic E-state index is -0.947. The highest BCUT2D eigenvalue weighted by atomic mass is 32.1. The molecule has 6 nitrogen and oxygen atoms in total. The van der Waals surface area contributed by atoms with Gasteiger partial charge in [-0.2, -0.15) is 0 Å². The van der Waals surface area contributed by atoms with Crippen molar-refractivity contribution in [2.75, 3.05) is 19.8 Å². The Balaban J connectivity index is 2.02. The second-order valence-corrected chi connectivity index (χ2v) is 5.88. The van der Waals surface area contributed by atoms with E-state index >= 15 is 0 Å². The standard InChI is InChI=1S/C14H17NO5S/c1-9(16)12-4-10(8-21-12)5-13(17)15-2-3-20-7-11(15)6-14(18)19/h4,8,11H,2-3,5-7H2,1H3,(H,18,19)/t11-/m1/s1. The third kappa shape index (κ3) is 4.12. The van der Waals surface area contributed by atoms with Crippen LogP contribution in [0, 0.1) is 0 Å². The molecular weight excluding hydrogens is 294 g/mol. The van der Waals surface area contributed by atoms with Crippen molar-refractivity contribution in [2.24, 2.45) is 0 Å². The molecule has 2 heterocycles. The lowest BCUT2D eigenvalue weighted by molar-refractivity contribution is -0.145. The van der Waals surface area contributed by atoms with Gasteiger partial charge in [0, 0.05) is 6.54 Å². The number of Topliss-reactive ketones (excluding diaryl/α,β-unsaturated/α-hetero) is 1. The zero-order valence-electron chi connectivity index (χ0n) is 11.7. The summed E-state index contributed by atoms with van der Waals surface area (Å²) >= 11 is 1.32. The van der Waals surface area contributed by atoms with Crippen molar-refractivity contribution < 1.29 is 24.2 Å². The molecule has 21 heavy (non-hydrogen) atoms. The number of amides is 1. The molecule has 1 aliphatic rings. The van der Waals surface area contributed by atoms with Gasteiger partial charge < -0.3 is 14.7 Å². The number of carboxylic acid groups (broad SMARTS) is 1. The van der Waals surface area contributed by atoms with Crippen molar-refractivity contribution >= 4 is 29.0 Å². The van der Waals surface area contributed by atoms with Crippen LogP contribution in [0.4, 0.5) is 0 Å². The summed E-state index contributed by atoms with van der Waals surface area (Å²) in [4.78, 5) is 36.6. The molecule has 2 rings (SSSR count). The number of thiophene rings is 1. The zero-order valence-corrected chi connectivity index (χ0v) is 12.5. The summed E-state index contributed by atoms with van der Waals surface area (Å²) in [6.45, 7) is 2.56. The van der Waals surface area contributed by atoms with Crippen molar-refractivity contribution in [3.05, 3.63) is 21.9 Å². The smallest absolute Gasteiger partial charge is 0.305 e. The highest BCUT2D eigenvalue weighted by Crippen LogP contribution is 2.18. The van der Waals surface area contributed by atoms with Gasteiger partial charge in [-0.05, 0) is 23.9 Å². The van der Waals surface area contributed by atoms with Crippen molar-refractivity contribution in [3.8, 4) is 0 Å². The number of aliphatic carboxylic acids is 1. The molecule has 0 radical (unpaired) electrons. The number of hydrogen-bond acceptors (Lipinski definition) is 5. The summed E-state index contributed by atoms with van der Waals surface area (Å²) in [6.07, 6.45) is 0.0635. The summed E-state index contributed by atoms with van der Waals surface area (Å²) < 4.78 is 5.25. The number of hydrogen-bond donors (Lipinski definition) is 1. The number of carbonyl (C=O) groups is 3. The van der Waals surface area contributed by atoms with E-state index in [1.165, 1.54) is 18.3 Å². The Morgan fingerprint density at radius 1 is 1.48 bits per heavy atom. The summed E-state index contributed by atoms with van der Waals surface area (Å²) in [6, 6.07) is 1.30. The Bertz CT molecular complexity index is 553. The highest BCUT2D eigenvalue weighted by molar-refractivity contribution is 7.12. The predicted octanol–water partition coefficient (Wildman–Crippen LogP) is 1.20. The van der Waals surface area contributed by atoms with Gasteiger partial charge in [0.2, 0.25) is 5.91 Å². The molecule has 0 saturated carbocycles. The van der Waals surface area contributed by atoms with E-state index < -0.39 is 12.0 Å². The average Bonchev–Trinajstić information content (AvgIpc) is 2.87. The van der Waals surface area contributed by atoms with Crippen molar-refractivity contribution in [3.63, 3.8) is 0 Å². The number of ether oxygens (including phenoxy) is 1. The molecule has 1 atom stereocenters. The first-order valence-electron chi connectivity index (χ1n) is 6.64. The Kier molecular flexibility index (Phi) is 5.08. The second-order valence-electron chi connectivity index (χ2n) is 4.97. The predicted molar refractivity (Wildman–Crippen MR) is 76.6 cm³/mol. The van der Waals surface area contributed by atoms with Gasteiger partial charge in [0.25, 0.3) is 0 Å². The quantitative estimate of drug-likeness (QED) is 0.826. The van der Waals surface area contributed by atoms with Gasteiger partial charge >= 0.3 is 5.97 Å². The second kappa shape index (κ2) is 6.82. The first kappa shape index (κ1) is 15.7. The maximum absolute atomic E-state index is 12.3. The van der Waals surface area contributed by atoms with Crippen LogP contribution in [0.5, 0.6) is 0 Å². The molecule has 0 aromatic carbocycles. The zero-order chi connectivity index (χ0) is 15.4. The lowest BCUT2D eigenvalue weighted by atomic mass is 10.1. The van der Waals surface area contributed by atoms with Crippen LogP contribution in [0.3, 0.4) is 0 Å². The van der Waals surface area contributed by atoms with E-state index in [2.05, 4.69) is 0 Å². The Morgan fingerprint density at radius 2 is 2.24 bits per heavy atom. The first-order chi connectivity index (χ1) is 9.97. The molecule has 1 N–H and O–H groups in total. The van der Waals surface area contributed by atoms with Crippen molar-refractivity contribution in [1.82, 2.24) is 4.90 Å². The number of rotatable bonds is 5. The van der Waals surface area contributed by atoms with E-state index in [1.54, 1.807) is 16.3 Å². The fourth-order valence-electron chi connectivity index (χ4n) is 2.28. The van der Waals surface area contributed by atoms with E-state index in [0.717, 1.165) is 5.56 Å². The number of carboxylic acids is 1. The molecule has 1 aromatic rings. The normalized spacial score (nSPS) is 18.5. The van der Waals surface area contributed by atoms with Gasteiger partial charge in [0.15, 0.2) is 5.78 Å². The average molecular weight is 311 g/mol. The lowest BCUT2D eigenvalue weighted by Gasteiger charge is -2.34. The summed E-state index contributed by atoms with van der Waals surface area (Å²) in [5.74, 6) is -1.09. The Morgan fingerprint density at radius 3 is 2.86 bits per heavy atom. The lowest BCUT2D eigenvalue weighted by Crippen LogP contribution is -2.50. The highest BCUT2D eigenvalue weighted by Gasteiger charge is 2.29. The van der Waals surface area contributed by atoms with Crippen molar-refractivity contribution in [2.45, 2.75) is 25.8 Å². The van der Waals surface area contributed by atoms with E-state index in [0.29, 0.717) is 18.0 Å². The molecule has 1 fully saturated rings. The van der Waals surface area contributed by atoms with Crippen molar-refractivity contribution in [1.29, 1.82) is 0 Å². The molecule has 0 spiro atoms. The third-order valence-corrected chi connectivity index (χ3v) is 4.39. The van der Waals surface area contributed by atoms with Crippen LogP contribution >= 0.6 is 11.3 Å². The number of nitrogens with zero attached hydrogens (tertiary/aromatic N) is 1. The van der Waals surface area contributed by atoms with E-state index in [1.807, 2.05) is 0 Å². The molecule has 1 amide bonds. The van der Waals surface area contributed by atoms with E-state index in [4.69, 9.17) is 9.84 Å². The van der Waals surface area contributed by atoms with Gasteiger partial charge in [-0.15, -0.1) is 11.3 Å². The Hall–Kier alpha value is -1.73. The molecule has 0 unspecified atom stereocenters. The largest absolute Gasteiger partial charge is 0.481 e. The molecule has 1 aromatic heterocycles. The van der Waals surface area contributed by atoms with Gasteiger partial charge in [-0.1, -0.05) is 0 Å². The first-order valence-corrected chi connectivity index (χ1v) is 7.52. The number of morpholine rings is 1. The van der Waals surface area contributed by atoms with Crippen LogP contribution in [-0.4, -0.2) is 53.5 Å². The van der Waals surface area contributed by atoms with E-state index in [9.17, 15) is 14.4 Å². The van der Waals surface area contributed by atoms with Crippen LogP contribution in [0.15, 0.2) is 11.4 Å². The summed E-state index contributed by atoms with van der Waals surface area (Å²) in [5.41, 5.74) is 0.788. The maximum Gasteiger partial charge on any atom is 0.305 e. The molecule has 7 heteroatoms. The third-order valence-electron chi connectivity index (χ3n) is 3.31. The van der Waals surface area contributed by atoms with Crippen LogP contribution in [-0.2, 0) is 20.7 Å². The van der Waals surface area contributed by atoms with Gasteiger partial charge in [0.1, 0.15) is 0 Å². The summed E-state index contributed by atoms with van der Waals surface area (Å²) in [5, 5.41) is 10.7. The summed E-state index contributed by atoms with van der Waals surface area (Å²) in [7, 11) is 0. The topological polar surface area (TPSA) is 83.9 Å². The van der Waals surface area contributed by atoms with Gasteiger partial charge in [0.05, 0.1) is 37.0 Å². The number of ketones is 1. The Labute approximate surface area is 126 Å². The van der Waals surface area contributed by atoms with Crippen LogP contribution < -0.4 is 0 Å². The maximum atomic E-state index is 12.3. The molecule has 1 aliphatic heterocycles. The fourth-order valence-corrected chi connectivity index (χ4v) is 3.10. The molecular formula is C14H17NO5S.